The molecule has 3 rings (SSSR count). The number of amides is 1. The maximum absolute atomic E-state index is 11.4. The monoisotopic (exact) mass is 384 g/mol. The number of nitrogens with two attached hydrogens (primary N) is 1. The summed E-state index contributed by atoms with van der Waals surface area (Å²) in [5, 5.41) is 3.98. The van der Waals surface area contributed by atoms with Crippen molar-refractivity contribution in [3.63, 3.8) is 0 Å². The van der Waals surface area contributed by atoms with E-state index in [0.29, 0.717) is 30.1 Å². The van der Waals surface area contributed by atoms with Gasteiger partial charge in [-0.25, -0.2) is 0 Å². The molecule has 0 aliphatic heterocycles. The highest BCUT2D eigenvalue weighted by molar-refractivity contribution is 9.10. The molecule has 1 radical (unpaired) electrons. The molecule has 0 spiro atoms. The molecule has 2 N–H and O–H groups in total. The van der Waals surface area contributed by atoms with E-state index in [1.807, 2.05) is 42.8 Å². The first-order valence-electron chi connectivity index (χ1n) is 7.44. The Balaban J connectivity index is 1.62. The van der Waals surface area contributed by atoms with Crippen LogP contribution in [0.5, 0.6) is 0 Å². The van der Waals surface area contributed by atoms with E-state index in [2.05, 4.69) is 26.1 Å². The third kappa shape index (κ3) is 3.89. The highest BCUT2D eigenvalue weighted by Crippen LogP contribution is 2.20. The average molecular weight is 385 g/mol. The lowest BCUT2D eigenvalue weighted by Gasteiger charge is -2.04. The molecule has 1 heterocycles. The fourth-order valence-corrected chi connectivity index (χ4v) is 2.63. The minimum Gasteiger partial charge on any atom is -0.366 e. The SMILES string of the molecule is NC(=O)c1ccccc1CC[CH]c1nc(-c2ccc(Br)cc2)no1. The summed E-state index contributed by atoms with van der Waals surface area (Å²) in [5.41, 5.74) is 7.73. The van der Waals surface area contributed by atoms with Gasteiger partial charge in [-0.15, -0.1) is 0 Å². The van der Waals surface area contributed by atoms with Crippen molar-refractivity contribution in [3.8, 4) is 11.4 Å². The van der Waals surface area contributed by atoms with Crippen molar-refractivity contribution in [2.45, 2.75) is 12.8 Å². The van der Waals surface area contributed by atoms with Crippen molar-refractivity contribution in [1.29, 1.82) is 0 Å². The van der Waals surface area contributed by atoms with E-state index in [4.69, 9.17) is 10.3 Å². The number of aryl methyl sites for hydroxylation is 1. The summed E-state index contributed by atoms with van der Waals surface area (Å²) in [5.74, 6) is 0.594. The van der Waals surface area contributed by atoms with E-state index in [-0.39, 0.29) is 0 Å². The van der Waals surface area contributed by atoms with Crippen LogP contribution in [0.1, 0.15) is 28.2 Å². The summed E-state index contributed by atoms with van der Waals surface area (Å²) in [6.45, 7) is 0. The van der Waals surface area contributed by atoms with Crippen LogP contribution >= 0.6 is 15.9 Å². The summed E-state index contributed by atoms with van der Waals surface area (Å²) in [7, 11) is 0. The first-order chi connectivity index (χ1) is 11.6. The highest BCUT2D eigenvalue weighted by atomic mass is 79.9. The second kappa shape index (κ2) is 7.40. The van der Waals surface area contributed by atoms with E-state index < -0.39 is 5.91 Å². The summed E-state index contributed by atoms with van der Waals surface area (Å²) < 4.78 is 6.24. The molecule has 2 aromatic carbocycles. The van der Waals surface area contributed by atoms with Crippen molar-refractivity contribution >= 4 is 21.8 Å². The van der Waals surface area contributed by atoms with Crippen molar-refractivity contribution < 1.29 is 9.32 Å². The van der Waals surface area contributed by atoms with Crippen LogP contribution in [0.25, 0.3) is 11.4 Å². The van der Waals surface area contributed by atoms with E-state index in [1.54, 1.807) is 12.1 Å². The number of carbonyl (C=O) groups excluding carboxylic acids is 1. The molecule has 24 heavy (non-hydrogen) atoms. The number of primary amides is 1. The van der Waals surface area contributed by atoms with Gasteiger partial charge in [0.1, 0.15) is 0 Å². The van der Waals surface area contributed by atoms with E-state index >= 15 is 0 Å². The van der Waals surface area contributed by atoms with Gasteiger partial charge in [0.05, 0.1) is 6.42 Å². The molecule has 0 atom stereocenters. The molecule has 1 aromatic heterocycles. The van der Waals surface area contributed by atoms with Gasteiger partial charge in [0.25, 0.3) is 0 Å². The molecular weight excluding hydrogens is 370 g/mol. The van der Waals surface area contributed by atoms with Gasteiger partial charge in [0.2, 0.25) is 17.6 Å². The Morgan fingerprint density at radius 3 is 2.67 bits per heavy atom. The fraction of sp³-hybridized carbons (Fsp3) is 0.111. The number of hydrogen-bond acceptors (Lipinski definition) is 4. The van der Waals surface area contributed by atoms with Crippen LogP contribution in [0.4, 0.5) is 0 Å². The number of halogens is 1. The van der Waals surface area contributed by atoms with Crippen LogP contribution in [0.3, 0.4) is 0 Å². The van der Waals surface area contributed by atoms with E-state index in [1.165, 1.54) is 0 Å². The zero-order valence-corrected chi connectivity index (χ0v) is 14.4. The molecule has 3 aromatic rings. The molecular formula is C18H15BrN3O2. The van der Waals surface area contributed by atoms with Crippen LogP contribution in [0.2, 0.25) is 0 Å². The Kier molecular flexibility index (Phi) is 5.05. The predicted octanol–water partition coefficient (Wildman–Crippen LogP) is 3.78. The van der Waals surface area contributed by atoms with Gasteiger partial charge in [-0.2, -0.15) is 4.98 Å². The summed E-state index contributed by atoms with van der Waals surface area (Å²) in [4.78, 5) is 15.8. The van der Waals surface area contributed by atoms with Crippen LogP contribution in [-0.2, 0) is 6.42 Å². The average Bonchev–Trinajstić information content (AvgIpc) is 3.05. The topological polar surface area (TPSA) is 82.0 Å². The molecule has 121 valence electrons. The van der Waals surface area contributed by atoms with Gasteiger partial charge in [0, 0.05) is 15.6 Å². The second-order valence-corrected chi connectivity index (χ2v) is 6.14. The van der Waals surface area contributed by atoms with Gasteiger partial charge in [-0.1, -0.05) is 39.3 Å². The molecule has 5 nitrogen and oxygen atoms in total. The van der Waals surface area contributed by atoms with Crippen LogP contribution in [-0.4, -0.2) is 16.0 Å². The third-order valence-electron chi connectivity index (χ3n) is 3.56. The first kappa shape index (κ1) is 16.4. The molecule has 1 amide bonds. The molecule has 0 unspecified atom stereocenters. The smallest absolute Gasteiger partial charge is 0.248 e. The number of benzene rings is 2. The number of carbonyl (C=O) groups is 1. The van der Waals surface area contributed by atoms with Crippen LogP contribution in [0.15, 0.2) is 57.5 Å². The van der Waals surface area contributed by atoms with Gasteiger partial charge >= 0.3 is 0 Å². The molecule has 6 heteroatoms. The third-order valence-corrected chi connectivity index (χ3v) is 4.09. The first-order valence-corrected chi connectivity index (χ1v) is 8.23. The Labute approximate surface area is 148 Å². The lowest BCUT2D eigenvalue weighted by molar-refractivity contribution is 0.0999. The Bertz CT molecular complexity index is 843. The van der Waals surface area contributed by atoms with Crippen LogP contribution in [0, 0.1) is 6.42 Å². The Morgan fingerprint density at radius 1 is 1.17 bits per heavy atom. The van der Waals surface area contributed by atoms with Crippen molar-refractivity contribution in [2.75, 3.05) is 0 Å². The van der Waals surface area contributed by atoms with Gasteiger partial charge in [0.15, 0.2) is 0 Å². The molecule has 0 bridgehead atoms. The van der Waals surface area contributed by atoms with Crippen molar-refractivity contribution in [2.24, 2.45) is 5.73 Å². The van der Waals surface area contributed by atoms with E-state index in [0.717, 1.165) is 15.6 Å². The minimum absolute atomic E-state index is 0.416. The number of hydrogen-bond donors (Lipinski definition) is 1. The maximum atomic E-state index is 11.4. The molecule has 0 saturated carbocycles. The Morgan fingerprint density at radius 2 is 1.92 bits per heavy atom. The second-order valence-electron chi connectivity index (χ2n) is 5.23. The lowest BCUT2D eigenvalue weighted by Crippen LogP contribution is -2.13. The summed E-state index contributed by atoms with van der Waals surface area (Å²) in [6.07, 6.45) is 3.20. The standard InChI is InChI=1S/C18H15BrN3O2/c19-14-10-8-13(9-11-14)18-21-16(24-22-18)7-3-5-12-4-1-2-6-15(12)17(20)23/h1-2,4,6-11H,3,5H2,(H2,20,23). The quantitative estimate of drug-likeness (QED) is 0.700. The molecule has 0 fully saturated rings. The number of nitrogens with zero attached hydrogens (tertiary/aromatic N) is 2. The van der Waals surface area contributed by atoms with Gasteiger partial charge in [-0.3, -0.25) is 4.79 Å². The molecule has 0 aliphatic carbocycles. The number of aromatic nitrogens is 2. The Hall–Kier alpha value is -2.47. The zero-order valence-electron chi connectivity index (χ0n) is 12.8. The predicted molar refractivity (Wildman–Crippen MR) is 94.1 cm³/mol. The van der Waals surface area contributed by atoms with Gasteiger partial charge in [-0.05, 0) is 48.7 Å². The molecule has 0 aliphatic rings. The largest absolute Gasteiger partial charge is 0.366 e. The summed E-state index contributed by atoms with van der Waals surface area (Å²) >= 11 is 3.39. The van der Waals surface area contributed by atoms with Crippen LogP contribution < -0.4 is 5.73 Å². The van der Waals surface area contributed by atoms with Crippen molar-refractivity contribution in [1.82, 2.24) is 10.1 Å². The normalized spacial score (nSPS) is 10.7. The van der Waals surface area contributed by atoms with Gasteiger partial charge < -0.3 is 10.3 Å². The number of rotatable bonds is 6. The lowest BCUT2D eigenvalue weighted by atomic mass is 10.0. The van der Waals surface area contributed by atoms with Crippen molar-refractivity contribution in [3.05, 3.63) is 76.4 Å². The molecule has 0 saturated heterocycles. The van der Waals surface area contributed by atoms with E-state index in [9.17, 15) is 4.79 Å². The zero-order chi connectivity index (χ0) is 16.9. The fourth-order valence-electron chi connectivity index (χ4n) is 2.36. The minimum atomic E-state index is -0.416. The summed E-state index contributed by atoms with van der Waals surface area (Å²) in [6, 6.07) is 15.0. The highest BCUT2D eigenvalue weighted by Gasteiger charge is 2.10. The maximum Gasteiger partial charge on any atom is 0.248 e.